The van der Waals surface area contributed by atoms with Crippen LogP contribution in [0.25, 0.3) is 0 Å². The normalized spacial score (nSPS) is 12.4. The predicted octanol–water partition coefficient (Wildman–Crippen LogP) is 2.92. The second kappa shape index (κ2) is 5.89. The molecule has 5 heteroatoms. The van der Waals surface area contributed by atoms with Gasteiger partial charge in [-0.1, -0.05) is 17.7 Å². The molecule has 18 heavy (non-hydrogen) atoms. The molecule has 1 unspecified atom stereocenters. The van der Waals surface area contributed by atoms with E-state index in [1.165, 1.54) is 0 Å². The Morgan fingerprint density at radius 3 is 2.94 bits per heavy atom. The van der Waals surface area contributed by atoms with Crippen LogP contribution < -0.4 is 10.1 Å². The molecule has 0 aliphatic rings. The summed E-state index contributed by atoms with van der Waals surface area (Å²) in [6.45, 7) is 2.79. The van der Waals surface area contributed by atoms with Crippen molar-refractivity contribution in [1.29, 1.82) is 0 Å². The van der Waals surface area contributed by atoms with E-state index in [4.69, 9.17) is 16.3 Å². The van der Waals surface area contributed by atoms with Gasteiger partial charge in [-0.2, -0.15) is 0 Å². The third-order valence-electron chi connectivity index (χ3n) is 2.76. The molecule has 4 nitrogen and oxygen atoms in total. The zero-order chi connectivity index (χ0) is 13.0. The molecule has 0 amide bonds. The molecule has 2 aromatic rings. The summed E-state index contributed by atoms with van der Waals surface area (Å²) in [5.41, 5.74) is 1.11. The molecular formula is C13H16ClN3O. The van der Waals surface area contributed by atoms with Crippen molar-refractivity contribution in [3.63, 3.8) is 0 Å². The summed E-state index contributed by atoms with van der Waals surface area (Å²) >= 11 is 6.07. The van der Waals surface area contributed by atoms with E-state index in [-0.39, 0.29) is 6.04 Å². The first kappa shape index (κ1) is 12.9. The molecule has 1 aromatic carbocycles. The lowest BCUT2D eigenvalue weighted by Gasteiger charge is -2.12. The van der Waals surface area contributed by atoms with Crippen molar-refractivity contribution in [1.82, 2.24) is 15.3 Å². The highest BCUT2D eigenvalue weighted by Gasteiger charge is 2.07. The highest BCUT2D eigenvalue weighted by molar-refractivity contribution is 6.32. The van der Waals surface area contributed by atoms with E-state index in [0.717, 1.165) is 17.9 Å². The van der Waals surface area contributed by atoms with E-state index in [0.29, 0.717) is 10.8 Å². The van der Waals surface area contributed by atoms with Gasteiger partial charge in [0.1, 0.15) is 11.6 Å². The molecule has 2 rings (SSSR count). The quantitative estimate of drug-likeness (QED) is 0.874. The monoisotopic (exact) mass is 265 g/mol. The van der Waals surface area contributed by atoms with Crippen LogP contribution in [0.1, 0.15) is 24.4 Å². The van der Waals surface area contributed by atoms with E-state index in [1.807, 2.05) is 24.4 Å². The molecule has 1 aromatic heterocycles. The number of hydrogen-bond acceptors (Lipinski definition) is 3. The minimum absolute atomic E-state index is 0.167. The number of nitrogens with one attached hydrogen (secondary N) is 2. The Kier molecular flexibility index (Phi) is 4.23. The van der Waals surface area contributed by atoms with Gasteiger partial charge in [0.25, 0.3) is 0 Å². The minimum atomic E-state index is 0.167. The van der Waals surface area contributed by atoms with E-state index in [2.05, 4.69) is 22.2 Å². The maximum Gasteiger partial charge on any atom is 0.137 e. The number of hydrogen-bond donors (Lipinski definition) is 2. The summed E-state index contributed by atoms with van der Waals surface area (Å²) in [6.07, 6.45) is 3.57. The van der Waals surface area contributed by atoms with Gasteiger partial charge in [-0.05, 0) is 24.6 Å². The van der Waals surface area contributed by atoms with Gasteiger partial charge in [-0.25, -0.2) is 4.98 Å². The Morgan fingerprint density at radius 1 is 1.50 bits per heavy atom. The molecule has 0 radical (unpaired) electrons. The van der Waals surface area contributed by atoms with Crippen molar-refractivity contribution in [3.8, 4) is 5.75 Å². The number of imidazole rings is 1. The zero-order valence-corrected chi connectivity index (χ0v) is 11.2. The number of halogens is 1. The van der Waals surface area contributed by atoms with Crippen LogP contribution in [0.2, 0.25) is 5.02 Å². The second-order valence-corrected chi connectivity index (χ2v) is 4.45. The Balaban J connectivity index is 1.96. The summed E-state index contributed by atoms with van der Waals surface area (Å²) in [6, 6.07) is 5.94. The SMILES string of the molecule is COc1ccc(CNC(C)c2ncc[nH]2)cc1Cl. The minimum Gasteiger partial charge on any atom is -0.495 e. The molecule has 0 fully saturated rings. The van der Waals surface area contributed by atoms with Gasteiger partial charge in [0, 0.05) is 18.9 Å². The third kappa shape index (κ3) is 3.03. The molecule has 96 valence electrons. The van der Waals surface area contributed by atoms with Crippen LogP contribution in [0.3, 0.4) is 0 Å². The number of nitrogens with zero attached hydrogens (tertiary/aromatic N) is 1. The van der Waals surface area contributed by atoms with Crippen LogP contribution in [0.4, 0.5) is 0 Å². The molecule has 1 atom stereocenters. The highest BCUT2D eigenvalue weighted by atomic mass is 35.5. The van der Waals surface area contributed by atoms with Crippen molar-refractivity contribution in [2.75, 3.05) is 7.11 Å². The molecule has 1 heterocycles. The van der Waals surface area contributed by atoms with Crippen LogP contribution in [-0.2, 0) is 6.54 Å². The van der Waals surface area contributed by atoms with Crippen LogP contribution in [0.5, 0.6) is 5.75 Å². The summed E-state index contributed by atoms with van der Waals surface area (Å²) in [5.74, 6) is 1.62. The zero-order valence-electron chi connectivity index (χ0n) is 10.4. The number of H-pyrrole nitrogens is 1. The summed E-state index contributed by atoms with van der Waals surface area (Å²) in [5, 5.41) is 4.00. The van der Waals surface area contributed by atoms with Gasteiger partial charge in [0.2, 0.25) is 0 Å². The van der Waals surface area contributed by atoms with Crippen LogP contribution in [0.15, 0.2) is 30.6 Å². The summed E-state index contributed by atoms with van der Waals surface area (Å²) < 4.78 is 5.12. The summed E-state index contributed by atoms with van der Waals surface area (Å²) in [4.78, 5) is 7.29. The molecular weight excluding hydrogens is 250 g/mol. The van der Waals surface area contributed by atoms with Crippen LogP contribution in [-0.4, -0.2) is 17.1 Å². The Bertz CT molecular complexity index is 499. The Hall–Kier alpha value is -1.52. The van der Waals surface area contributed by atoms with E-state index < -0.39 is 0 Å². The topological polar surface area (TPSA) is 49.9 Å². The molecule has 0 aliphatic heterocycles. The van der Waals surface area contributed by atoms with Crippen molar-refractivity contribution in [3.05, 3.63) is 47.0 Å². The number of aromatic amines is 1. The Morgan fingerprint density at radius 2 is 2.33 bits per heavy atom. The van der Waals surface area contributed by atoms with Gasteiger partial charge in [0.15, 0.2) is 0 Å². The predicted molar refractivity (Wildman–Crippen MR) is 71.8 cm³/mol. The summed E-state index contributed by atoms with van der Waals surface area (Å²) in [7, 11) is 1.61. The second-order valence-electron chi connectivity index (χ2n) is 4.05. The average molecular weight is 266 g/mol. The highest BCUT2D eigenvalue weighted by Crippen LogP contribution is 2.25. The molecule has 0 saturated carbocycles. The van der Waals surface area contributed by atoms with Crippen molar-refractivity contribution >= 4 is 11.6 Å². The molecule has 0 aliphatic carbocycles. The van der Waals surface area contributed by atoms with Gasteiger partial charge in [-0.3, -0.25) is 0 Å². The third-order valence-corrected chi connectivity index (χ3v) is 3.05. The lowest BCUT2D eigenvalue weighted by atomic mass is 10.2. The van der Waals surface area contributed by atoms with E-state index in [9.17, 15) is 0 Å². The molecule has 0 bridgehead atoms. The molecule has 2 N–H and O–H groups in total. The standard InChI is InChI=1S/C13H16ClN3O/c1-9(13-15-5-6-16-13)17-8-10-3-4-12(18-2)11(14)7-10/h3-7,9,17H,8H2,1-2H3,(H,15,16). The van der Waals surface area contributed by atoms with Gasteiger partial charge >= 0.3 is 0 Å². The first-order valence-electron chi connectivity index (χ1n) is 5.76. The van der Waals surface area contributed by atoms with Crippen molar-refractivity contribution in [2.45, 2.75) is 19.5 Å². The number of aromatic nitrogens is 2. The number of ether oxygens (including phenoxy) is 1. The average Bonchev–Trinajstić information content (AvgIpc) is 2.90. The smallest absolute Gasteiger partial charge is 0.137 e. The van der Waals surface area contributed by atoms with Gasteiger partial charge in [-0.15, -0.1) is 0 Å². The van der Waals surface area contributed by atoms with Crippen LogP contribution >= 0.6 is 11.6 Å². The number of rotatable bonds is 5. The lowest BCUT2D eigenvalue weighted by molar-refractivity contribution is 0.414. The van der Waals surface area contributed by atoms with Crippen molar-refractivity contribution in [2.24, 2.45) is 0 Å². The largest absolute Gasteiger partial charge is 0.495 e. The van der Waals surface area contributed by atoms with E-state index in [1.54, 1.807) is 13.3 Å². The lowest BCUT2D eigenvalue weighted by Crippen LogP contribution is -2.19. The fourth-order valence-electron chi connectivity index (χ4n) is 1.70. The fraction of sp³-hybridized carbons (Fsp3) is 0.308. The maximum absolute atomic E-state index is 6.07. The van der Waals surface area contributed by atoms with E-state index >= 15 is 0 Å². The number of benzene rings is 1. The molecule has 0 spiro atoms. The molecule has 0 saturated heterocycles. The number of methoxy groups -OCH3 is 1. The first-order chi connectivity index (χ1) is 8.70. The Labute approximate surface area is 111 Å². The van der Waals surface area contributed by atoms with Gasteiger partial charge < -0.3 is 15.0 Å². The first-order valence-corrected chi connectivity index (χ1v) is 6.13. The maximum atomic E-state index is 6.07. The van der Waals surface area contributed by atoms with Crippen molar-refractivity contribution < 1.29 is 4.74 Å². The fourth-order valence-corrected chi connectivity index (χ4v) is 1.98. The van der Waals surface area contributed by atoms with Crippen LogP contribution in [0, 0.1) is 0 Å². The van der Waals surface area contributed by atoms with Gasteiger partial charge in [0.05, 0.1) is 18.2 Å².